The smallest absolute Gasteiger partial charge is 0.255 e. The molecule has 0 aliphatic heterocycles. The number of hydrogen-bond donors (Lipinski definition) is 1. The van der Waals surface area contributed by atoms with E-state index in [4.69, 9.17) is 4.74 Å². The number of nitrogens with one attached hydrogen (secondary N) is 1. The third kappa shape index (κ3) is 4.03. The van der Waals surface area contributed by atoms with E-state index in [0.717, 1.165) is 15.9 Å². The van der Waals surface area contributed by atoms with Crippen LogP contribution in [-0.4, -0.2) is 22.8 Å². The van der Waals surface area contributed by atoms with Crippen LogP contribution in [0.4, 0.5) is 4.39 Å². The minimum Gasteiger partial charge on any atom is -0.494 e. The Labute approximate surface area is 165 Å². The summed E-state index contributed by atoms with van der Waals surface area (Å²) >= 11 is 3.40. The van der Waals surface area contributed by atoms with Gasteiger partial charge < -0.3 is 10.1 Å². The summed E-state index contributed by atoms with van der Waals surface area (Å²) < 4.78 is 21.5. The van der Waals surface area contributed by atoms with Crippen molar-refractivity contribution in [2.45, 2.75) is 19.9 Å². The molecular weight excluding hydrogens is 413 g/mol. The quantitative estimate of drug-likeness (QED) is 0.642. The molecule has 5 nitrogen and oxygen atoms in total. The lowest BCUT2D eigenvalue weighted by molar-refractivity contribution is 0.0939. The third-order valence-corrected chi connectivity index (χ3v) is 4.88. The third-order valence-electron chi connectivity index (χ3n) is 4.35. The monoisotopic (exact) mass is 431 g/mol. The van der Waals surface area contributed by atoms with E-state index in [1.54, 1.807) is 23.7 Å². The Kier molecular flexibility index (Phi) is 5.60. The van der Waals surface area contributed by atoms with Gasteiger partial charge in [-0.3, -0.25) is 4.79 Å². The Morgan fingerprint density at radius 3 is 2.59 bits per heavy atom. The van der Waals surface area contributed by atoms with Gasteiger partial charge in [0.25, 0.3) is 5.91 Å². The van der Waals surface area contributed by atoms with Gasteiger partial charge in [0, 0.05) is 4.47 Å². The van der Waals surface area contributed by atoms with Crippen LogP contribution >= 0.6 is 15.9 Å². The van der Waals surface area contributed by atoms with Gasteiger partial charge in [-0.15, -0.1) is 0 Å². The van der Waals surface area contributed by atoms with Gasteiger partial charge in [0.05, 0.1) is 36.3 Å². The maximum Gasteiger partial charge on any atom is 0.255 e. The molecular formula is C20H19BrFN3O2. The maximum absolute atomic E-state index is 13.9. The number of nitrogens with zero attached hydrogens (tertiary/aromatic N) is 2. The van der Waals surface area contributed by atoms with Gasteiger partial charge in [-0.25, -0.2) is 9.07 Å². The number of rotatable bonds is 5. The number of ether oxygens (including phenoxy) is 1. The molecule has 0 bridgehead atoms. The van der Waals surface area contributed by atoms with E-state index in [2.05, 4.69) is 26.3 Å². The first kappa shape index (κ1) is 19.1. The molecule has 7 heteroatoms. The van der Waals surface area contributed by atoms with Gasteiger partial charge in [-0.1, -0.05) is 22.0 Å². The zero-order valence-corrected chi connectivity index (χ0v) is 16.7. The van der Waals surface area contributed by atoms with Crippen LogP contribution in [-0.2, 0) is 0 Å². The normalized spacial score (nSPS) is 11.9. The van der Waals surface area contributed by atoms with E-state index in [1.807, 2.05) is 31.2 Å². The summed E-state index contributed by atoms with van der Waals surface area (Å²) in [6, 6.07) is 11.9. The molecule has 27 heavy (non-hydrogen) atoms. The number of hydrogen-bond acceptors (Lipinski definition) is 3. The molecule has 3 rings (SSSR count). The van der Waals surface area contributed by atoms with E-state index < -0.39 is 5.82 Å². The topological polar surface area (TPSA) is 56.1 Å². The number of methoxy groups -OCH3 is 1. The molecule has 0 saturated carbocycles. The van der Waals surface area contributed by atoms with E-state index in [1.165, 1.54) is 19.4 Å². The fourth-order valence-electron chi connectivity index (χ4n) is 2.78. The number of amides is 1. The van der Waals surface area contributed by atoms with Crippen LogP contribution in [0.5, 0.6) is 5.75 Å². The Hall–Kier alpha value is -2.67. The van der Waals surface area contributed by atoms with Crippen molar-refractivity contribution < 1.29 is 13.9 Å². The largest absolute Gasteiger partial charge is 0.494 e. The molecule has 0 aliphatic rings. The molecule has 0 aliphatic carbocycles. The number of aromatic nitrogens is 2. The molecule has 1 unspecified atom stereocenters. The summed E-state index contributed by atoms with van der Waals surface area (Å²) in [7, 11) is 1.41. The van der Waals surface area contributed by atoms with Gasteiger partial charge in [-0.2, -0.15) is 5.10 Å². The fraction of sp³-hybridized carbons (Fsp3) is 0.200. The average Bonchev–Trinajstić information content (AvgIpc) is 3.03. The predicted octanol–water partition coefficient (Wildman–Crippen LogP) is 4.58. The molecule has 0 radical (unpaired) electrons. The molecule has 1 atom stereocenters. The first-order chi connectivity index (χ1) is 12.9. The lowest BCUT2D eigenvalue weighted by atomic mass is 10.1. The first-order valence-corrected chi connectivity index (χ1v) is 9.15. The van der Waals surface area contributed by atoms with Crippen molar-refractivity contribution in [3.8, 4) is 11.4 Å². The van der Waals surface area contributed by atoms with E-state index in [-0.39, 0.29) is 17.7 Å². The molecule has 1 aromatic heterocycles. The number of carbonyl (C=O) groups is 1. The molecule has 0 saturated heterocycles. The van der Waals surface area contributed by atoms with Crippen molar-refractivity contribution in [1.82, 2.24) is 15.1 Å². The van der Waals surface area contributed by atoms with Crippen LogP contribution in [0, 0.1) is 12.7 Å². The first-order valence-electron chi connectivity index (χ1n) is 8.35. The van der Waals surface area contributed by atoms with Crippen molar-refractivity contribution >= 4 is 21.8 Å². The average molecular weight is 432 g/mol. The highest BCUT2D eigenvalue weighted by atomic mass is 79.9. The van der Waals surface area contributed by atoms with Crippen LogP contribution in [0.1, 0.15) is 34.6 Å². The second-order valence-corrected chi connectivity index (χ2v) is 7.04. The molecule has 2 aromatic carbocycles. The lowest BCUT2D eigenvalue weighted by Crippen LogP contribution is -2.27. The minimum absolute atomic E-state index is 0.170. The predicted molar refractivity (Wildman–Crippen MR) is 105 cm³/mol. The van der Waals surface area contributed by atoms with Gasteiger partial charge in [-0.05, 0) is 55.8 Å². The van der Waals surface area contributed by atoms with Crippen LogP contribution in [0.2, 0.25) is 0 Å². The van der Waals surface area contributed by atoms with E-state index >= 15 is 0 Å². The van der Waals surface area contributed by atoms with Crippen LogP contribution < -0.4 is 10.1 Å². The summed E-state index contributed by atoms with van der Waals surface area (Å²) in [6.07, 6.45) is 1.54. The van der Waals surface area contributed by atoms with Crippen molar-refractivity contribution in [3.63, 3.8) is 0 Å². The highest BCUT2D eigenvalue weighted by molar-refractivity contribution is 9.10. The summed E-state index contributed by atoms with van der Waals surface area (Å²) in [6.45, 7) is 3.63. The van der Waals surface area contributed by atoms with Crippen molar-refractivity contribution in [3.05, 3.63) is 75.8 Å². The Morgan fingerprint density at radius 1 is 1.26 bits per heavy atom. The van der Waals surface area contributed by atoms with Gasteiger partial charge in [0.2, 0.25) is 0 Å². The highest BCUT2D eigenvalue weighted by Crippen LogP contribution is 2.23. The summed E-state index contributed by atoms with van der Waals surface area (Å²) in [5.74, 6) is -0.557. The number of carbonyl (C=O) groups excluding carboxylic acids is 1. The zero-order chi connectivity index (χ0) is 19.6. The SMILES string of the molecule is COc1ccc(C(C)NC(=O)c2cnn(-c3ccc(Br)cc3)c2C)cc1F. The Morgan fingerprint density at radius 2 is 1.96 bits per heavy atom. The number of halogens is 2. The summed E-state index contributed by atoms with van der Waals surface area (Å²) in [5.41, 5.74) is 2.71. The van der Waals surface area contributed by atoms with Crippen molar-refractivity contribution in [2.24, 2.45) is 0 Å². The molecule has 1 heterocycles. The molecule has 0 fully saturated rings. The molecule has 0 spiro atoms. The van der Waals surface area contributed by atoms with Crippen molar-refractivity contribution in [2.75, 3.05) is 7.11 Å². The summed E-state index contributed by atoms with van der Waals surface area (Å²) in [5, 5.41) is 7.20. The minimum atomic E-state index is -0.463. The second kappa shape index (κ2) is 7.92. The zero-order valence-electron chi connectivity index (χ0n) is 15.2. The number of benzene rings is 2. The van der Waals surface area contributed by atoms with Gasteiger partial charge >= 0.3 is 0 Å². The van der Waals surface area contributed by atoms with E-state index in [0.29, 0.717) is 11.1 Å². The molecule has 1 N–H and O–H groups in total. The maximum atomic E-state index is 13.9. The van der Waals surface area contributed by atoms with Crippen LogP contribution in [0.15, 0.2) is 53.1 Å². The Balaban J connectivity index is 1.78. The van der Waals surface area contributed by atoms with Gasteiger partial charge in [0.1, 0.15) is 0 Å². The van der Waals surface area contributed by atoms with Gasteiger partial charge in [0.15, 0.2) is 11.6 Å². The molecule has 3 aromatic rings. The van der Waals surface area contributed by atoms with Crippen LogP contribution in [0.3, 0.4) is 0 Å². The second-order valence-electron chi connectivity index (χ2n) is 6.12. The van der Waals surface area contributed by atoms with Crippen LogP contribution in [0.25, 0.3) is 5.69 Å². The molecule has 1 amide bonds. The van der Waals surface area contributed by atoms with Crippen molar-refractivity contribution in [1.29, 1.82) is 0 Å². The standard InChI is InChI=1S/C20H19BrFN3O2/c1-12(14-4-9-19(27-3)18(22)10-14)24-20(26)17-11-23-25(13(17)2)16-7-5-15(21)6-8-16/h4-12H,1-3H3,(H,24,26). The summed E-state index contributed by atoms with van der Waals surface area (Å²) in [4.78, 5) is 12.7. The highest BCUT2D eigenvalue weighted by Gasteiger charge is 2.18. The molecule has 140 valence electrons. The fourth-order valence-corrected chi connectivity index (χ4v) is 3.05. The lowest BCUT2D eigenvalue weighted by Gasteiger charge is -2.15. The Bertz CT molecular complexity index is 970. The van der Waals surface area contributed by atoms with E-state index in [9.17, 15) is 9.18 Å².